The van der Waals surface area contributed by atoms with Crippen LogP contribution in [0, 0.1) is 0 Å². The second kappa shape index (κ2) is 9.10. The first-order valence-corrected chi connectivity index (χ1v) is 10.3. The van der Waals surface area contributed by atoms with Crippen LogP contribution in [-0.2, 0) is 22.3 Å². The Morgan fingerprint density at radius 2 is 1.73 bits per heavy atom. The van der Waals surface area contributed by atoms with E-state index in [4.69, 9.17) is 14.6 Å². The van der Waals surface area contributed by atoms with Gasteiger partial charge in [0.25, 0.3) is 0 Å². The molecule has 1 heterocycles. The third kappa shape index (κ3) is 4.22. The number of rotatable bonds is 8. The SMILES string of the molecule is COc1cc2ncc(N(C)C)c(N(C=O)Cc3ccc(S(N)=O)cc3)c2cc1OC. The molecule has 0 radical (unpaired) electrons. The lowest BCUT2D eigenvalue weighted by Crippen LogP contribution is -2.24. The fourth-order valence-electron chi connectivity index (χ4n) is 3.22. The number of anilines is 2. The van der Waals surface area contributed by atoms with Crippen LogP contribution in [0.3, 0.4) is 0 Å². The molecule has 0 saturated heterocycles. The number of hydrogen-bond donors (Lipinski definition) is 1. The maximum atomic E-state index is 12.1. The van der Waals surface area contributed by atoms with Gasteiger partial charge in [0.15, 0.2) is 11.5 Å². The molecular weight excluding hydrogens is 404 g/mol. The second-order valence-corrected chi connectivity index (χ2v) is 7.85. The third-order valence-corrected chi connectivity index (χ3v) is 5.47. The van der Waals surface area contributed by atoms with E-state index in [0.29, 0.717) is 34.1 Å². The molecule has 2 aromatic carbocycles. The molecule has 0 saturated carbocycles. The molecule has 9 heteroatoms. The molecule has 0 aliphatic carbocycles. The monoisotopic (exact) mass is 428 g/mol. The van der Waals surface area contributed by atoms with Gasteiger partial charge in [-0.1, -0.05) is 12.1 Å². The summed E-state index contributed by atoms with van der Waals surface area (Å²) in [6.07, 6.45) is 2.51. The van der Waals surface area contributed by atoms with Gasteiger partial charge in [-0.3, -0.25) is 9.78 Å². The lowest BCUT2D eigenvalue weighted by Gasteiger charge is -2.26. The van der Waals surface area contributed by atoms with Crippen LogP contribution in [0.4, 0.5) is 11.4 Å². The number of aromatic nitrogens is 1. The first-order valence-electron chi connectivity index (χ1n) is 9.08. The van der Waals surface area contributed by atoms with Crippen molar-refractivity contribution in [3.63, 3.8) is 0 Å². The number of pyridine rings is 1. The predicted octanol–water partition coefficient (Wildman–Crippen LogP) is 2.46. The van der Waals surface area contributed by atoms with Crippen molar-refractivity contribution in [1.29, 1.82) is 0 Å². The van der Waals surface area contributed by atoms with Gasteiger partial charge in [-0.05, 0) is 23.8 Å². The van der Waals surface area contributed by atoms with E-state index in [1.807, 2.05) is 25.1 Å². The zero-order valence-electron chi connectivity index (χ0n) is 17.3. The number of carbonyl (C=O) groups excluding carboxylic acids is 1. The predicted molar refractivity (Wildman–Crippen MR) is 118 cm³/mol. The molecule has 158 valence electrons. The van der Waals surface area contributed by atoms with Gasteiger partial charge < -0.3 is 19.3 Å². The highest BCUT2D eigenvalue weighted by molar-refractivity contribution is 7.82. The standard InChI is InChI=1S/C21H24N4O4S/c1-24(2)18-11-23-17-10-20(29-4)19(28-3)9-16(17)21(18)25(13-26)12-14-5-7-15(8-6-14)30(22)27/h5-11,13H,12,22H2,1-4H3. The number of nitrogens with two attached hydrogens (primary N) is 1. The van der Waals surface area contributed by atoms with Crippen LogP contribution in [-0.4, -0.2) is 43.9 Å². The molecular formula is C21H24N4O4S. The Balaban J connectivity index is 2.15. The fraction of sp³-hybridized carbons (Fsp3) is 0.238. The summed E-state index contributed by atoms with van der Waals surface area (Å²) in [5.74, 6) is 1.11. The number of benzene rings is 2. The van der Waals surface area contributed by atoms with Crippen molar-refractivity contribution >= 4 is 39.7 Å². The van der Waals surface area contributed by atoms with Gasteiger partial charge in [0.2, 0.25) is 6.41 Å². The minimum Gasteiger partial charge on any atom is -0.493 e. The highest BCUT2D eigenvalue weighted by Crippen LogP contribution is 2.40. The lowest BCUT2D eigenvalue weighted by molar-refractivity contribution is -0.107. The molecule has 0 fully saturated rings. The van der Waals surface area contributed by atoms with Crippen LogP contribution >= 0.6 is 0 Å². The Labute approximate surface area is 177 Å². The molecule has 3 aromatic rings. The first kappa shape index (κ1) is 21.5. The van der Waals surface area contributed by atoms with Gasteiger partial charge in [0.05, 0.1) is 48.7 Å². The number of amides is 1. The molecule has 0 spiro atoms. The van der Waals surface area contributed by atoms with Crippen LogP contribution < -0.4 is 24.4 Å². The number of carbonyl (C=O) groups is 1. The Morgan fingerprint density at radius 1 is 1.10 bits per heavy atom. The normalized spacial score (nSPS) is 11.8. The molecule has 1 unspecified atom stereocenters. The van der Waals surface area contributed by atoms with E-state index in [1.165, 1.54) is 0 Å². The summed E-state index contributed by atoms with van der Waals surface area (Å²) < 4.78 is 22.3. The van der Waals surface area contributed by atoms with Gasteiger partial charge in [0, 0.05) is 25.5 Å². The van der Waals surface area contributed by atoms with Crippen molar-refractivity contribution in [2.45, 2.75) is 11.4 Å². The zero-order chi connectivity index (χ0) is 21.8. The quantitative estimate of drug-likeness (QED) is 0.554. The Morgan fingerprint density at radius 3 is 2.27 bits per heavy atom. The van der Waals surface area contributed by atoms with Crippen molar-refractivity contribution in [1.82, 2.24) is 4.98 Å². The molecule has 1 atom stereocenters. The van der Waals surface area contributed by atoms with E-state index in [0.717, 1.165) is 23.0 Å². The fourth-order valence-corrected chi connectivity index (χ4v) is 3.62. The summed E-state index contributed by atoms with van der Waals surface area (Å²) in [5.41, 5.74) is 3.02. The van der Waals surface area contributed by atoms with Crippen molar-refractivity contribution in [3.8, 4) is 11.5 Å². The van der Waals surface area contributed by atoms with Crippen LogP contribution in [0.25, 0.3) is 10.9 Å². The molecule has 2 N–H and O–H groups in total. The molecule has 0 aliphatic rings. The molecule has 8 nitrogen and oxygen atoms in total. The summed E-state index contributed by atoms with van der Waals surface area (Å²) in [6.45, 7) is 0.315. The number of nitrogens with zero attached hydrogens (tertiary/aromatic N) is 3. The average Bonchev–Trinajstić information content (AvgIpc) is 2.75. The van der Waals surface area contributed by atoms with Crippen molar-refractivity contribution in [2.75, 3.05) is 38.1 Å². The van der Waals surface area contributed by atoms with Gasteiger partial charge in [-0.25, -0.2) is 9.35 Å². The molecule has 1 amide bonds. The Kier molecular flexibility index (Phi) is 6.53. The maximum absolute atomic E-state index is 12.1. The van der Waals surface area contributed by atoms with Gasteiger partial charge in [0.1, 0.15) is 11.0 Å². The Bertz CT molecular complexity index is 1090. The summed E-state index contributed by atoms with van der Waals surface area (Å²) in [7, 11) is 5.36. The number of methoxy groups -OCH3 is 2. The number of fused-ring (bicyclic) bond motifs is 1. The first-order chi connectivity index (χ1) is 14.4. The Hall–Kier alpha value is -3.17. The molecule has 0 bridgehead atoms. The van der Waals surface area contributed by atoms with Crippen LogP contribution in [0.1, 0.15) is 5.56 Å². The van der Waals surface area contributed by atoms with E-state index in [-0.39, 0.29) is 0 Å². The third-order valence-electron chi connectivity index (χ3n) is 4.73. The van der Waals surface area contributed by atoms with Crippen LogP contribution in [0.5, 0.6) is 11.5 Å². The van der Waals surface area contributed by atoms with Gasteiger partial charge in [-0.2, -0.15) is 0 Å². The van der Waals surface area contributed by atoms with E-state index in [1.54, 1.807) is 55.6 Å². The minimum atomic E-state index is -1.55. The van der Waals surface area contributed by atoms with Gasteiger partial charge in [-0.15, -0.1) is 0 Å². The van der Waals surface area contributed by atoms with E-state index >= 15 is 0 Å². The summed E-state index contributed by atoms with van der Waals surface area (Å²) >= 11 is 0. The van der Waals surface area contributed by atoms with Crippen LogP contribution in [0.15, 0.2) is 47.5 Å². The second-order valence-electron chi connectivity index (χ2n) is 6.79. The van der Waals surface area contributed by atoms with Gasteiger partial charge >= 0.3 is 0 Å². The highest BCUT2D eigenvalue weighted by Gasteiger charge is 2.20. The van der Waals surface area contributed by atoms with Crippen LogP contribution in [0.2, 0.25) is 0 Å². The molecule has 30 heavy (non-hydrogen) atoms. The summed E-state index contributed by atoms with van der Waals surface area (Å²) in [5, 5.41) is 6.17. The van der Waals surface area contributed by atoms with Crippen molar-refractivity contribution in [3.05, 3.63) is 48.2 Å². The molecule has 0 aliphatic heterocycles. The summed E-state index contributed by atoms with van der Waals surface area (Å²) in [6, 6.07) is 10.6. The number of hydrogen-bond acceptors (Lipinski definition) is 6. The average molecular weight is 429 g/mol. The number of ether oxygens (including phenoxy) is 2. The zero-order valence-corrected chi connectivity index (χ0v) is 18.1. The topological polar surface area (TPSA) is 98.0 Å². The smallest absolute Gasteiger partial charge is 0.214 e. The highest BCUT2D eigenvalue weighted by atomic mass is 32.2. The maximum Gasteiger partial charge on any atom is 0.214 e. The largest absolute Gasteiger partial charge is 0.493 e. The lowest BCUT2D eigenvalue weighted by atomic mass is 10.1. The van der Waals surface area contributed by atoms with E-state index in [9.17, 15) is 9.00 Å². The summed E-state index contributed by atoms with van der Waals surface area (Å²) in [4.78, 5) is 20.7. The van der Waals surface area contributed by atoms with E-state index in [2.05, 4.69) is 4.98 Å². The molecule has 1 aromatic heterocycles. The molecule has 3 rings (SSSR count). The minimum absolute atomic E-state index is 0.315. The van der Waals surface area contributed by atoms with Crippen molar-refractivity contribution in [2.24, 2.45) is 5.14 Å². The van der Waals surface area contributed by atoms with E-state index < -0.39 is 11.0 Å². The van der Waals surface area contributed by atoms with Crippen molar-refractivity contribution < 1.29 is 18.5 Å².